The number of rotatable bonds is 6. The minimum Gasteiger partial charge on any atom is -0.274 e. The highest BCUT2D eigenvalue weighted by Gasteiger charge is 2.33. The molecular formula is C28H26N2O6S2. The lowest BCUT2D eigenvalue weighted by molar-refractivity contribution is -0.116. The molecule has 0 aliphatic carbocycles. The third kappa shape index (κ3) is 4.80. The van der Waals surface area contributed by atoms with Crippen LogP contribution in [0.2, 0.25) is 0 Å². The summed E-state index contributed by atoms with van der Waals surface area (Å²) in [5.74, 6) is -1.50. The zero-order chi connectivity index (χ0) is 27.8. The van der Waals surface area contributed by atoms with E-state index in [-0.39, 0.29) is 31.9 Å². The zero-order valence-corrected chi connectivity index (χ0v) is 22.9. The van der Waals surface area contributed by atoms with Crippen LogP contribution in [0.4, 0.5) is 11.4 Å². The molecule has 0 spiro atoms. The van der Waals surface area contributed by atoms with Gasteiger partial charge in [-0.3, -0.25) is 9.59 Å². The molecule has 0 fully saturated rings. The summed E-state index contributed by atoms with van der Waals surface area (Å²) in [5.41, 5.74) is 1.78. The van der Waals surface area contributed by atoms with E-state index in [0.29, 0.717) is 8.61 Å². The highest BCUT2D eigenvalue weighted by molar-refractivity contribution is 7.94. The van der Waals surface area contributed by atoms with E-state index in [1.54, 1.807) is 48.5 Å². The maximum absolute atomic E-state index is 13.6. The Labute approximate surface area is 222 Å². The molecule has 2 amide bonds. The monoisotopic (exact) mass is 550 g/mol. The van der Waals surface area contributed by atoms with Crippen molar-refractivity contribution in [2.24, 2.45) is 0 Å². The van der Waals surface area contributed by atoms with Crippen LogP contribution in [0.1, 0.15) is 25.0 Å². The number of sulfonamides is 2. The minimum absolute atomic E-state index is 0.0358. The summed E-state index contributed by atoms with van der Waals surface area (Å²) in [7, 11) is -8.60. The summed E-state index contributed by atoms with van der Waals surface area (Å²) < 4.78 is 55.7. The van der Waals surface area contributed by atoms with Crippen LogP contribution in [-0.4, -0.2) is 28.6 Å². The number of fused-ring (bicyclic) bond motifs is 1. The molecule has 0 aliphatic rings. The van der Waals surface area contributed by atoms with Crippen LogP contribution in [0.3, 0.4) is 0 Å². The van der Waals surface area contributed by atoms with E-state index in [2.05, 4.69) is 0 Å². The maximum atomic E-state index is 13.6. The van der Waals surface area contributed by atoms with Crippen LogP contribution in [0.15, 0.2) is 94.7 Å². The van der Waals surface area contributed by atoms with E-state index >= 15 is 0 Å². The van der Waals surface area contributed by atoms with Crippen molar-refractivity contribution in [3.8, 4) is 0 Å². The topological polar surface area (TPSA) is 109 Å². The Balaban J connectivity index is 1.95. The normalized spacial score (nSPS) is 11.8. The molecule has 0 aliphatic heterocycles. The Kier molecular flexibility index (Phi) is 7.14. The second-order valence-electron chi connectivity index (χ2n) is 8.85. The number of benzene rings is 4. The van der Waals surface area contributed by atoms with Crippen molar-refractivity contribution < 1.29 is 26.4 Å². The molecule has 196 valence electrons. The average Bonchev–Trinajstić information content (AvgIpc) is 2.85. The Morgan fingerprint density at radius 2 is 0.842 bits per heavy atom. The fourth-order valence-electron chi connectivity index (χ4n) is 4.19. The molecule has 4 aromatic rings. The van der Waals surface area contributed by atoms with Gasteiger partial charge in [-0.25, -0.2) is 25.4 Å². The standard InChI is InChI=1S/C28H26N2O6S2/c1-19-9-13-23(14-10-19)37(33,34)29(21(3)31)27-17-18-28(26-8-6-5-7-25(26)27)30(22(4)32)38(35,36)24-15-11-20(2)12-16-24/h5-18H,1-4H3. The SMILES string of the molecule is CC(=O)N(c1ccc(N(C(C)=O)S(=O)(=O)c2ccc(C)cc2)c2ccccc12)S(=O)(=O)c1ccc(C)cc1. The second-order valence-corrected chi connectivity index (χ2v) is 12.4. The number of carbonyl (C=O) groups excluding carboxylic acids is 2. The highest BCUT2D eigenvalue weighted by Crippen LogP contribution is 2.38. The molecule has 4 aromatic carbocycles. The smallest absolute Gasteiger partial charge is 0.270 e. The Bertz CT molecular complexity index is 1630. The van der Waals surface area contributed by atoms with Crippen LogP contribution in [0.5, 0.6) is 0 Å². The predicted molar refractivity (Wildman–Crippen MR) is 147 cm³/mol. The van der Waals surface area contributed by atoms with E-state index in [1.807, 2.05) is 13.8 Å². The molecule has 0 unspecified atom stereocenters. The fourth-order valence-corrected chi connectivity index (χ4v) is 7.08. The van der Waals surface area contributed by atoms with Crippen LogP contribution >= 0.6 is 0 Å². The molecule has 0 saturated heterocycles. The molecular weight excluding hydrogens is 524 g/mol. The van der Waals surface area contributed by atoms with Crippen molar-refractivity contribution in [1.29, 1.82) is 0 Å². The third-order valence-corrected chi connectivity index (χ3v) is 9.61. The lowest BCUT2D eigenvalue weighted by Crippen LogP contribution is -2.36. The van der Waals surface area contributed by atoms with Crippen LogP contribution in [0, 0.1) is 13.8 Å². The van der Waals surface area contributed by atoms with Crippen molar-refractivity contribution in [1.82, 2.24) is 0 Å². The third-order valence-electron chi connectivity index (χ3n) is 6.01. The molecule has 0 aromatic heterocycles. The fraction of sp³-hybridized carbons (Fsp3) is 0.143. The van der Waals surface area contributed by atoms with E-state index in [4.69, 9.17) is 0 Å². The maximum Gasteiger partial charge on any atom is 0.270 e. The lowest BCUT2D eigenvalue weighted by Gasteiger charge is -2.26. The van der Waals surface area contributed by atoms with Gasteiger partial charge in [-0.05, 0) is 50.2 Å². The Morgan fingerprint density at radius 1 is 0.526 bits per heavy atom. The molecule has 0 bridgehead atoms. The van der Waals surface area contributed by atoms with Crippen LogP contribution in [-0.2, 0) is 29.6 Å². The van der Waals surface area contributed by atoms with Crippen LogP contribution < -0.4 is 8.61 Å². The number of aryl methyl sites for hydroxylation is 2. The largest absolute Gasteiger partial charge is 0.274 e. The molecule has 0 radical (unpaired) electrons. The van der Waals surface area contributed by atoms with Gasteiger partial charge in [0.1, 0.15) is 0 Å². The van der Waals surface area contributed by atoms with Crippen molar-refractivity contribution in [2.45, 2.75) is 37.5 Å². The molecule has 38 heavy (non-hydrogen) atoms. The van der Waals surface area contributed by atoms with Gasteiger partial charge in [0, 0.05) is 24.6 Å². The first-order valence-corrected chi connectivity index (χ1v) is 14.5. The van der Waals surface area contributed by atoms with Gasteiger partial charge in [-0.2, -0.15) is 0 Å². The van der Waals surface area contributed by atoms with Gasteiger partial charge >= 0.3 is 0 Å². The lowest BCUT2D eigenvalue weighted by atomic mass is 10.1. The summed E-state index contributed by atoms with van der Waals surface area (Å²) in [6.45, 7) is 5.91. The van der Waals surface area contributed by atoms with E-state index < -0.39 is 31.9 Å². The summed E-state index contributed by atoms with van der Waals surface area (Å²) in [5, 5.41) is 0.558. The second kappa shape index (κ2) is 10.0. The quantitative estimate of drug-likeness (QED) is 0.336. The van der Waals surface area contributed by atoms with E-state index in [1.165, 1.54) is 36.4 Å². The van der Waals surface area contributed by atoms with Gasteiger partial charge in [0.15, 0.2) is 0 Å². The molecule has 4 rings (SSSR count). The molecule has 8 nitrogen and oxygen atoms in total. The van der Waals surface area contributed by atoms with Gasteiger partial charge in [0.05, 0.1) is 21.2 Å². The predicted octanol–water partition coefficient (Wildman–Crippen LogP) is 4.94. The van der Waals surface area contributed by atoms with Crippen molar-refractivity contribution in [3.05, 3.63) is 96.1 Å². The van der Waals surface area contributed by atoms with Gasteiger partial charge in [-0.15, -0.1) is 0 Å². The molecule has 10 heteroatoms. The first-order chi connectivity index (χ1) is 17.9. The van der Waals surface area contributed by atoms with Crippen molar-refractivity contribution in [3.63, 3.8) is 0 Å². The summed E-state index contributed by atoms with van der Waals surface area (Å²) in [6.07, 6.45) is 0. The Morgan fingerprint density at radius 3 is 1.13 bits per heavy atom. The number of carbonyl (C=O) groups is 2. The minimum atomic E-state index is -4.30. The number of anilines is 2. The van der Waals surface area contributed by atoms with Crippen molar-refractivity contribution in [2.75, 3.05) is 8.61 Å². The van der Waals surface area contributed by atoms with Gasteiger partial charge in [-0.1, -0.05) is 59.7 Å². The average molecular weight is 551 g/mol. The van der Waals surface area contributed by atoms with Gasteiger partial charge in [0.25, 0.3) is 20.0 Å². The number of hydrogen-bond donors (Lipinski definition) is 0. The first kappa shape index (κ1) is 27.0. The van der Waals surface area contributed by atoms with Gasteiger partial charge < -0.3 is 0 Å². The van der Waals surface area contributed by atoms with Crippen LogP contribution in [0.25, 0.3) is 10.8 Å². The van der Waals surface area contributed by atoms with E-state index in [0.717, 1.165) is 25.0 Å². The number of hydrogen-bond acceptors (Lipinski definition) is 6. The number of amides is 2. The summed E-state index contributed by atoms with van der Waals surface area (Å²) >= 11 is 0. The molecule has 0 N–H and O–H groups in total. The van der Waals surface area contributed by atoms with Gasteiger partial charge in [0.2, 0.25) is 11.8 Å². The Hall–Kier alpha value is -4.02. The highest BCUT2D eigenvalue weighted by atomic mass is 32.2. The summed E-state index contributed by atoms with van der Waals surface area (Å²) in [4.78, 5) is 25.4. The molecule has 0 saturated carbocycles. The van der Waals surface area contributed by atoms with Crippen molar-refractivity contribution >= 4 is 54.0 Å². The summed E-state index contributed by atoms with van der Waals surface area (Å²) in [6, 6.07) is 21.3. The van der Waals surface area contributed by atoms with E-state index in [9.17, 15) is 26.4 Å². The zero-order valence-electron chi connectivity index (χ0n) is 21.2. The first-order valence-electron chi connectivity index (χ1n) is 11.6. The molecule has 0 atom stereocenters. The number of nitrogens with zero attached hydrogens (tertiary/aromatic N) is 2. The molecule has 0 heterocycles.